The molecule has 2 N–H and O–H groups in total. The highest BCUT2D eigenvalue weighted by Crippen LogP contribution is 2.21. The predicted molar refractivity (Wildman–Crippen MR) is 63.2 cm³/mol. The molecule has 3 heterocycles. The molecule has 3 aromatic heterocycles. The summed E-state index contributed by atoms with van der Waals surface area (Å²) in [5.41, 5.74) is 7.62. The number of rotatable bonds is 2. The Morgan fingerprint density at radius 1 is 1.50 bits per heavy atom. The van der Waals surface area contributed by atoms with Crippen molar-refractivity contribution in [1.29, 1.82) is 0 Å². The summed E-state index contributed by atoms with van der Waals surface area (Å²) >= 11 is 1.60. The summed E-state index contributed by atoms with van der Waals surface area (Å²) < 4.78 is 3.98. The van der Waals surface area contributed by atoms with E-state index in [0.29, 0.717) is 6.54 Å². The summed E-state index contributed by atoms with van der Waals surface area (Å²) in [5.74, 6) is 0.874. The first kappa shape index (κ1) is 9.56. The van der Waals surface area contributed by atoms with Crippen LogP contribution in [0.1, 0.15) is 5.69 Å². The zero-order valence-corrected chi connectivity index (χ0v) is 9.61. The van der Waals surface area contributed by atoms with E-state index < -0.39 is 0 Å². The van der Waals surface area contributed by atoms with Crippen LogP contribution >= 0.6 is 11.3 Å². The standard InChI is InChI=1S/C10H11N5S/c1-14-3-2-12-9(14)8-5-15-7(4-11)6-16-10(15)13-8/h2-3,5-6H,4,11H2,1H3. The molecule has 0 aliphatic rings. The van der Waals surface area contributed by atoms with Gasteiger partial charge < -0.3 is 10.3 Å². The fourth-order valence-corrected chi connectivity index (χ4v) is 2.58. The molecule has 0 saturated carbocycles. The van der Waals surface area contributed by atoms with Gasteiger partial charge in [0.05, 0.1) is 0 Å². The molecule has 0 saturated heterocycles. The largest absolute Gasteiger partial charge is 0.333 e. The molecule has 0 unspecified atom stereocenters. The lowest BCUT2D eigenvalue weighted by atomic mass is 10.4. The number of nitrogens with zero attached hydrogens (tertiary/aromatic N) is 4. The van der Waals surface area contributed by atoms with Crippen LogP contribution in [0.25, 0.3) is 16.5 Å². The number of nitrogens with two attached hydrogens (primary N) is 1. The fraction of sp³-hybridized carbons (Fsp3) is 0.200. The second kappa shape index (κ2) is 3.43. The highest BCUT2D eigenvalue weighted by atomic mass is 32.1. The van der Waals surface area contributed by atoms with Gasteiger partial charge in [-0.05, 0) is 0 Å². The Labute approximate surface area is 96.2 Å². The Morgan fingerprint density at radius 2 is 2.38 bits per heavy atom. The molecule has 0 amide bonds. The number of hydrogen-bond donors (Lipinski definition) is 1. The average molecular weight is 233 g/mol. The van der Waals surface area contributed by atoms with Gasteiger partial charge in [-0.2, -0.15) is 0 Å². The summed E-state index contributed by atoms with van der Waals surface area (Å²) in [6, 6.07) is 0. The van der Waals surface area contributed by atoms with Gasteiger partial charge >= 0.3 is 0 Å². The second-order valence-electron chi connectivity index (χ2n) is 3.57. The highest BCUT2D eigenvalue weighted by molar-refractivity contribution is 7.15. The molecular weight excluding hydrogens is 222 g/mol. The van der Waals surface area contributed by atoms with E-state index in [1.807, 2.05) is 33.8 Å². The normalized spacial score (nSPS) is 11.4. The molecule has 0 fully saturated rings. The van der Waals surface area contributed by atoms with Crippen LogP contribution in [0.5, 0.6) is 0 Å². The van der Waals surface area contributed by atoms with Gasteiger partial charge in [0.25, 0.3) is 0 Å². The highest BCUT2D eigenvalue weighted by Gasteiger charge is 2.11. The number of aryl methyl sites for hydroxylation is 1. The Balaban J connectivity index is 2.19. The van der Waals surface area contributed by atoms with E-state index in [4.69, 9.17) is 5.73 Å². The van der Waals surface area contributed by atoms with Crippen molar-refractivity contribution in [2.75, 3.05) is 0 Å². The van der Waals surface area contributed by atoms with E-state index >= 15 is 0 Å². The number of imidazole rings is 2. The molecule has 0 aromatic carbocycles. The molecule has 3 aromatic rings. The van der Waals surface area contributed by atoms with Crippen LogP contribution in [0.4, 0.5) is 0 Å². The number of thiazole rings is 1. The summed E-state index contributed by atoms with van der Waals surface area (Å²) in [6.07, 6.45) is 5.66. The van der Waals surface area contributed by atoms with Crippen LogP contribution in [0.2, 0.25) is 0 Å². The maximum absolute atomic E-state index is 5.66. The van der Waals surface area contributed by atoms with Crippen molar-refractivity contribution < 1.29 is 0 Å². The minimum atomic E-state index is 0.524. The van der Waals surface area contributed by atoms with Crippen molar-refractivity contribution >= 4 is 16.3 Å². The van der Waals surface area contributed by atoms with Crippen molar-refractivity contribution in [2.24, 2.45) is 12.8 Å². The van der Waals surface area contributed by atoms with Crippen LogP contribution in [-0.2, 0) is 13.6 Å². The Kier molecular flexibility index (Phi) is 2.05. The van der Waals surface area contributed by atoms with Gasteiger partial charge in [-0.3, -0.25) is 4.40 Å². The Morgan fingerprint density at radius 3 is 3.06 bits per heavy atom. The van der Waals surface area contributed by atoms with Gasteiger partial charge in [0.2, 0.25) is 0 Å². The Bertz CT molecular complexity index is 633. The maximum Gasteiger partial charge on any atom is 0.194 e. The van der Waals surface area contributed by atoms with Crippen LogP contribution in [-0.4, -0.2) is 18.9 Å². The van der Waals surface area contributed by atoms with E-state index in [0.717, 1.165) is 22.2 Å². The number of fused-ring (bicyclic) bond motifs is 1. The molecule has 0 aliphatic carbocycles. The lowest BCUT2D eigenvalue weighted by Gasteiger charge is -1.95. The van der Waals surface area contributed by atoms with Crippen molar-refractivity contribution in [3.63, 3.8) is 0 Å². The molecule has 0 bridgehead atoms. The molecule has 5 nitrogen and oxygen atoms in total. The first-order valence-electron chi connectivity index (χ1n) is 4.93. The van der Waals surface area contributed by atoms with Crippen molar-refractivity contribution in [3.05, 3.63) is 29.7 Å². The molecular formula is C10H11N5S. The zero-order valence-electron chi connectivity index (χ0n) is 8.79. The minimum Gasteiger partial charge on any atom is -0.333 e. The smallest absolute Gasteiger partial charge is 0.194 e. The van der Waals surface area contributed by atoms with E-state index in [-0.39, 0.29) is 0 Å². The Hall–Kier alpha value is -1.66. The van der Waals surface area contributed by atoms with Crippen molar-refractivity contribution in [2.45, 2.75) is 6.54 Å². The lowest BCUT2D eigenvalue weighted by Crippen LogP contribution is -1.98. The molecule has 0 aliphatic heterocycles. The summed E-state index contributed by atoms with van der Waals surface area (Å²) in [7, 11) is 1.96. The quantitative estimate of drug-likeness (QED) is 0.724. The topological polar surface area (TPSA) is 61.1 Å². The van der Waals surface area contributed by atoms with Crippen molar-refractivity contribution in [3.8, 4) is 11.5 Å². The third-order valence-electron chi connectivity index (χ3n) is 2.54. The average Bonchev–Trinajstić information content (AvgIpc) is 2.90. The van der Waals surface area contributed by atoms with Gasteiger partial charge in [0.15, 0.2) is 10.8 Å². The number of aromatic nitrogens is 4. The van der Waals surface area contributed by atoms with Gasteiger partial charge in [-0.1, -0.05) is 0 Å². The summed E-state index contributed by atoms with van der Waals surface area (Å²) in [6.45, 7) is 0.524. The van der Waals surface area contributed by atoms with Gasteiger partial charge in [-0.15, -0.1) is 11.3 Å². The predicted octanol–water partition coefficient (Wildman–Crippen LogP) is 1.25. The third kappa shape index (κ3) is 1.27. The van der Waals surface area contributed by atoms with Crippen LogP contribution < -0.4 is 5.73 Å². The lowest BCUT2D eigenvalue weighted by molar-refractivity contribution is 0.919. The third-order valence-corrected chi connectivity index (χ3v) is 3.43. The first-order valence-corrected chi connectivity index (χ1v) is 5.81. The molecule has 6 heteroatoms. The monoisotopic (exact) mass is 233 g/mol. The van der Waals surface area contributed by atoms with Gasteiger partial charge in [-0.25, -0.2) is 9.97 Å². The zero-order chi connectivity index (χ0) is 11.1. The molecule has 0 atom stereocenters. The minimum absolute atomic E-state index is 0.524. The molecule has 0 spiro atoms. The first-order chi connectivity index (χ1) is 7.79. The maximum atomic E-state index is 5.66. The number of hydrogen-bond acceptors (Lipinski definition) is 4. The van der Waals surface area contributed by atoms with E-state index in [1.54, 1.807) is 17.5 Å². The van der Waals surface area contributed by atoms with Gasteiger partial charge in [0.1, 0.15) is 5.69 Å². The van der Waals surface area contributed by atoms with Gasteiger partial charge in [0, 0.05) is 43.3 Å². The van der Waals surface area contributed by atoms with Crippen molar-refractivity contribution in [1.82, 2.24) is 18.9 Å². The molecule has 82 valence electrons. The van der Waals surface area contributed by atoms with Crippen LogP contribution in [0.15, 0.2) is 24.0 Å². The molecule has 0 radical (unpaired) electrons. The molecule has 16 heavy (non-hydrogen) atoms. The van der Waals surface area contributed by atoms with E-state index in [2.05, 4.69) is 9.97 Å². The van der Waals surface area contributed by atoms with Crippen LogP contribution in [0.3, 0.4) is 0 Å². The fourth-order valence-electron chi connectivity index (χ4n) is 1.70. The second-order valence-corrected chi connectivity index (χ2v) is 4.41. The van der Waals surface area contributed by atoms with E-state index in [1.165, 1.54) is 0 Å². The SMILES string of the molecule is Cn1ccnc1-c1cn2c(CN)csc2n1. The molecule has 3 rings (SSSR count). The summed E-state index contributed by atoms with van der Waals surface area (Å²) in [4.78, 5) is 9.76. The summed E-state index contributed by atoms with van der Waals surface area (Å²) in [5, 5.41) is 2.03. The van der Waals surface area contributed by atoms with E-state index in [9.17, 15) is 0 Å². The van der Waals surface area contributed by atoms with Crippen LogP contribution in [0, 0.1) is 0 Å².